The average molecular weight is 267 g/mol. The molecular weight excluding hydrogens is 246 g/mol. The lowest BCUT2D eigenvalue weighted by atomic mass is 9.95. The number of carbonyl (C=O) groups excluding carboxylic acids is 1. The molecule has 6 heteroatoms. The van der Waals surface area contributed by atoms with Crippen molar-refractivity contribution in [1.82, 2.24) is 9.78 Å². The highest BCUT2D eigenvalue weighted by Gasteiger charge is 2.25. The molecule has 1 N–H and O–H groups in total. The van der Waals surface area contributed by atoms with E-state index in [0.29, 0.717) is 19.8 Å². The number of methoxy groups -OCH3 is 1. The van der Waals surface area contributed by atoms with E-state index in [4.69, 9.17) is 9.47 Å². The summed E-state index contributed by atoms with van der Waals surface area (Å²) < 4.78 is 12.2. The van der Waals surface area contributed by atoms with Gasteiger partial charge in [0.15, 0.2) is 0 Å². The van der Waals surface area contributed by atoms with Gasteiger partial charge in [0.05, 0.1) is 31.1 Å². The number of nitrogens with zero attached hydrogens (tertiary/aromatic N) is 2. The van der Waals surface area contributed by atoms with Crippen molar-refractivity contribution < 1.29 is 14.3 Å². The molecule has 19 heavy (non-hydrogen) atoms. The molecule has 1 aromatic rings. The first-order chi connectivity index (χ1) is 9.19. The molecule has 1 fully saturated rings. The summed E-state index contributed by atoms with van der Waals surface area (Å²) in [5.74, 6) is 0.0903. The highest BCUT2D eigenvalue weighted by Crippen LogP contribution is 2.21. The Labute approximate surface area is 113 Å². The third-order valence-electron chi connectivity index (χ3n) is 3.28. The van der Waals surface area contributed by atoms with Crippen molar-refractivity contribution in [2.24, 2.45) is 5.92 Å². The van der Waals surface area contributed by atoms with Crippen LogP contribution in [0, 0.1) is 5.92 Å². The number of hydrogen-bond acceptors (Lipinski definition) is 4. The summed E-state index contributed by atoms with van der Waals surface area (Å²) in [6, 6.07) is 0. The molecule has 0 radical (unpaired) electrons. The zero-order chi connectivity index (χ0) is 13.7. The number of carbonyl (C=O) groups is 1. The van der Waals surface area contributed by atoms with Gasteiger partial charge in [-0.05, 0) is 19.8 Å². The fourth-order valence-electron chi connectivity index (χ4n) is 2.22. The van der Waals surface area contributed by atoms with Crippen molar-refractivity contribution >= 4 is 11.6 Å². The van der Waals surface area contributed by atoms with Crippen LogP contribution in [-0.2, 0) is 20.8 Å². The minimum absolute atomic E-state index is 0.0334. The summed E-state index contributed by atoms with van der Waals surface area (Å²) in [6.45, 7) is 3.95. The van der Waals surface area contributed by atoms with E-state index in [2.05, 4.69) is 10.4 Å². The minimum Gasteiger partial charge on any atom is -0.383 e. The third-order valence-corrected chi connectivity index (χ3v) is 3.28. The van der Waals surface area contributed by atoms with Crippen molar-refractivity contribution in [1.29, 1.82) is 0 Å². The molecule has 1 aromatic heterocycles. The van der Waals surface area contributed by atoms with Crippen LogP contribution in [0.2, 0.25) is 0 Å². The molecule has 2 rings (SSSR count). The molecule has 1 amide bonds. The molecular formula is C13H21N3O3. The predicted octanol–water partition coefficient (Wildman–Crippen LogP) is 1.28. The Kier molecular flexibility index (Phi) is 4.93. The maximum Gasteiger partial charge on any atom is 0.227 e. The van der Waals surface area contributed by atoms with Gasteiger partial charge < -0.3 is 14.8 Å². The number of hydrogen-bond donors (Lipinski definition) is 1. The SMILES string of the molecule is COCCn1cc(NC(=O)[C@H]2CCO[C@@H](C)C2)cn1. The monoisotopic (exact) mass is 267 g/mol. The van der Waals surface area contributed by atoms with Crippen LogP contribution in [0.3, 0.4) is 0 Å². The molecule has 1 saturated heterocycles. The maximum absolute atomic E-state index is 12.1. The smallest absolute Gasteiger partial charge is 0.227 e. The summed E-state index contributed by atoms with van der Waals surface area (Å²) >= 11 is 0. The number of rotatable bonds is 5. The zero-order valence-corrected chi connectivity index (χ0v) is 11.5. The Balaban J connectivity index is 1.86. The number of amides is 1. The Bertz CT molecular complexity index is 419. The van der Waals surface area contributed by atoms with E-state index in [-0.39, 0.29) is 17.9 Å². The van der Waals surface area contributed by atoms with Gasteiger partial charge in [0.2, 0.25) is 5.91 Å². The van der Waals surface area contributed by atoms with Crippen LogP contribution >= 0.6 is 0 Å². The van der Waals surface area contributed by atoms with E-state index in [1.807, 2.05) is 13.1 Å². The lowest BCUT2D eigenvalue weighted by molar-refractivity contribution is -0.124. The zero-order valence-electron chi connectivity index (χ0n) is 11.5. The Hall–Kier alpha value is -1.40. The molecule has 0 unspecified atom stereocenters. The van der Waals surface area contributed by atoms with Gasteiger partial charge in [-0.15, -0.1) is 0 Å². The molecule has 106 valence electrons. The molecule has 2 atom stereocenters. The van der Waals surface area contributed by atoms with Gasteiger partial charge in [0.1, 0.15) is 0 Å². The van der Waals surface area contributed by atoms with Gasteiger partial charge in [0, 0.05) is 25.8 Å². The van der Waals surface area contributed by atoms with Crippen molar-refractivity contribution in [3.8, 4) is 0 Å². The number of anilines is 1. The highest BCUT2D eigenvalue weighted by atomic mass is 16.5. The third kappa shape index (κ3) is 4.04. The van der Waals surface area contributed by atoms with Gasteiger partial charge in [-0.25, -0.2) is 0 Å². The second-order valence-corrected chi connectivity index (χ2v) is 4.88. The van der Waals surface area contributed by atoms with Crippen molar-refractivity contribution in [3.63, 3.8) is 0 Å². The minimum atomic E-state index is 0.0334. The average Bonchev–Trinajstić information content (AvgIpc) is 2.84. The largest absolute Gasteiger partial charge is 0.383 e. The molecule has 0 aromatic carbocycles. The molecule has 0 aliphatic carbocycles. The molecule has 1 aliphatic rings. The number of ether oxygens (including phenoxy) is 2. The van der Waals surface area contributed by atoms with Crippen molar-refractivity contribution in [2.75, 3.05) is 25.6 Å². The van der Waals surface area contributed by atoms with E-state index in [0.717, 1.165) is 18.5 Å². The van der Waals surface area contributed by atoms with E-state index in [1.165, 1.54) is 0 Å². The van der Waals surface area contributed by atoms with Gasteiger partial charge in [-0.1, -0.05) is 0 Å². The summed E-state index contributed by atoms with van der Waals surface area (Å²) in [5, 5.41) is 7.07. The lowest BCUT2D eigenvalue weighted by Crippen LogP contribution is -2.32. The first-order valence-electron chi connectivity index (χ1n) is 6.63. The van der Waals surface area contributed by atoms with Crippen LogP contribution in [0.5, 0.6) is 0 Å². The topological polar surface area (TPSA) is 65.4 Å². The van der Waals surface area contributed by atoms with Gasteiger partial charge in [-0.2, -0.15) is 5.10 Å². The maximum atomic E-state index is 12.1. The normalized spacial score (nSPS) is 23.3. The van der Waals surface area contributed by atoms with E-state index < -0.39 is 0 Å². The van der Waals surface area contributed by atoms with Crippen molar-refractivity contribution in [2.45, 2.75) is 32.4 Å². The molecule has 0 saturated carbocycles. The summed E-state index contributed by atoms with van der Waals surface area (Å²) in [5.41, 5.74) is 0.736. The van der Waals surface area contributed by atoms with Gasteiger partial charge in [-0.3, -0.25) is 9.48 Å². The molecule has 0 bridgehead atoms. The summed E-state index contributed by atoms with van der Waals surface area (Å²) in [7, 11) is 1.65. The molecule has 2 heterocycles. The lowest BCUT2D eigenvalue weighted by Gasteiger charge is -2.26. The Morgan fingerprint density at radius 1 is 1.68 bits per heavy atom. The first-order valence-corrected chi connectivity index (χ1v) is 6.63. The van der Waals surface area contributed by atoms with Crippen molar-refractivity contribution in [3.05, 3.63) is 12.4 Å². The quantitative estimate of drug-likeness (QED) is 0.873. The second-order valence-electron chi connectivity index (χ2n) is 4.88. The predicted molar refractivity (Wildman–Crippen MR) is 70.9 cm³/mol. The first kappa shape index (κ1) is 14.0. The standard InChI is InChI=1S/C13H21N3O3/c1-10-7-11(3-5-19-10)13(17)15-12-8-14-16(9-12)4-6-18-2/h8-11H,3-7H2,1-2H3,(H,15,17)/t10-,11-/m0/s1. The van der Waals surface area contributed by atoms with E-state index >= 15 is 0 Å². The number of nitrogens with one attached hydrogen (secondary N) is 1. The van der Waals surface area contributed by atoms with Crippen LogP contribution in [0.1, 0.15) is 19.8 Å². The molecule has 6 nitrogen and oxygen atoms in total. The van der Waals surface area contributed by atoms with Gasteiger partial charge in [0.25, 0.3) is 0 Å². The highest BCUT2D eigenvalue weighted by molar-refractivity contribution is 5.92. The summed E-state index contributed by atoms with van der Waals surface area (Å²) in [6.07, 6.45) is 5.21. The molecule has 1 aliphatic heterocycles. The fourth-order valence-corrected chi connectivity index (χ4v) is 2.22. The van der Waals surface area contributed by atoms with Crippen LogP contribution in [0.15, 0.2) is 12.4 Å². The van der Waals surface area contributed by atoms with Gasteiger partial charge >= 0.3 is 0 Å². The van der Waals surface area contributed by atoms with E-state index in [9.17, 15) is 4.79 Å². The second kappa shape index (κ2) is 6.68. The van der Waals surface area contributed by atoms with E-state index in [1.54, 1.807) is 18.0 Å². The van der Waals surface area contributed by atoms with Crippen LogP contribution in [0.4, 0.5) is 5.69 Å². The fraction of sp³-hybridized carbons (Fsp3) is 0.692. The number of aromatic nitrogens is 2. The van der Waals surface area contributed by atoms with Crippen LogP contribution in [0.25, 0.3) is 0 Å². The Morgan fingerprint density at radius 3 is 3.26 bits per heavy atom. The molecule has 0 spiro atoms. The van der Waals surface area contributed by atoms with Crippen LogP contribution in [-0.4, -0.2) is 42.1 Å². The Morgan fingerprint density at radius 2 is 2.53 bits per heavy atom. The van der Waals surface area contributed by atoms with Crippen LogP contribution < -0.4 is 5.32 Å². The summed E-state index contributed by atoms with van der Waals surface area (Å²) in [4.78, 5) is 12.1.